The summed E-state index contributed by atoms with van der Waals surface area (Å²) in [6, 6.07) is 0. The molecule has 1 saturated heterocycles. The van der Waals surface area contributed by atoms with Crippen LogP contribution in [0.1, 0.15) is 13.8 Å². The highest BCUT2D eigenvalue weighted by Gasteiger charge is 2.39. The summed E-state index contributed by atoms with van der Waals surface area (Å²) in [5.41, 5.74) is -0.716. The quantitative estimate of drug-likeness (QED) is 0.842. The van der Waals surface area contributed by atoms with E-state index in [2.05, 4.69) is 20.3 Å². The zero-order chi connectivity index (χ0) is 14.2. The first-order chi connectivity index (χ1) is 8.82. The molecule has 1 fully saturated rings. The maximum absolute atomic E-state index is 11.9. The van der Waals surface area contributed by atoms with Crippen LogP contribution in [0.2, 0.25) is 5.28 Å². The Kier molecular flexibility index (Phi) is 3.49. The molecule has 0 radical (unpaired) electrons. The van der Waals surface area contributed by atoms with E-state index < -0.39 is 5.54 Å². The number of anilines is 2. The highest BCUT2D eigenvalue weighted by molar-refractivity contribution is 6.28. The van der Waals surface area contributed by atoms with E-state index in [1.54, 1.807) is 4.90 Å². The Hall–Kier alpha value is -1.63. The minimum Gasteiger partial charge on any atom is -0.352 e. The van der Waals surface area contributed by atoms with Gasteiger partial charge in [0, 0.05) is 27.2 Å². The average molecular weight is 285 g/mol. The summed E-state index contributed by atoms with van der Waals surface area (Å²) in [5, 5.41) is 2.95. The smallest absolute Gasteiger partial charge is 0.245 e. The first-order valence-corrected chi connectivity index (χ1v) is 6.35. The fourth-order valence-corrected chi connectivity index (χ4v) is 2.05. The van der Waals surface area contributed by atoms with Crippen LogP contribution in [0.15, 0.2) is 0 Å². The largest absolute Gasteiger partial charge is 0.352 e. The van der Waals surface area contributed by atoms with Crippen molar-refractivity contribution in [1.82, 2.24) is 20.3 Å². The van der Waals surface area contributed by atoms with Gasteiger partial charge in [-0.25, -0.2) is 0 Å². The minimum atomic E-state index is -0.716. The lowest BCUT2D eigenvalue weighted by Gasteiger charge is -2.41. The third-order valence-electron chi connectivity index (χ3n) is 3.08. The summed E-state index contributed by atoms with van der Waals surface area (Å²) in [7, 11) is 3.65. The van der Waals surface area contributed by atoms with Gasteiger partial charge in [0.05, 0.1) is 0 Å². The molecule has 0 spiro atoms. The first kappa shape index (κ1) is 13.8. The van der Waals surface area contributed by atoms with E-state index in [0.717, 1.165) is 0 Å². The maximum atomic E-state index is 11.9. The lowest BCUT2D eigenvalue weighted by Crippen LogP contribution is -2.62. The van der Waals surface area contributed by atoms with Crippen LogP contribution in [0.5, 0.6) is 0 Å². The Balaban J connectivity index is 2.43. The van der Waals surface area contributed by atoms with E-state index in [-0.39, 0.29) is 11.2 Å². The van der Waals surface area contributed by atoms with Gasteiger partial charge in [-0.3, -0.25) is 4.79 Å². The maximum Gasteiger partial charge on any atom is 0.245 e. The van der Waals surface area contributed by atoms with Crippen LogP contribution in [0.4, 0.5) is 11.9 Å². The molecular formula is C11H17ClN6O. The monoisotopic (exact) mass is 284 g/mol. The fraction of sp³-hybridized carbons (Fsp3) is 0.636. The van der Waals surface area contributed by atoms with Crippen molar-refractivity contribution in [3.63, 3.8) is 0 Å². The van der Waals surface area contributed by atoms with Crippen molar-refractivity contribution in [2.45, 2.75) is 19.4 Å². The second-order valence-corrected chi connectivity index (χ2v) is 5.40. The molecule has 7 nitrogen and oxygen atoms in total. The van der Waals surface area contributed by atoms with Crippen molar-refractivity contribution in [2.24, 2.45) is 0 Å². The van der Waals surface area contributed by atoms with Crippen molar-refractivity contribution in [3.05, 3.63) is 5.28 Å². The summed E-state index contributed by atoms with van der Waals surface area (Å²) in [5.74, 6) is 0.835. The van der Waals surface area contributed by atoms with Gasteiger partial charge in [0.15, 0.2) is 0 Å². The van der Waals surface area contributed by atoms with Crippen LogP contribution >= 0.6 is 11.6 Å². The van der Waals surface area contributed by atoms with Crippen LogP contribution in [0.25, 0.3) is 0 Å². The second-order valence-electron chi connectivity index (χ2n) is 5.07. The number of nitrogens with one attached hydrogen (secondary N) is 1. The number of carbonyl (C=O) groups is 1. The highest BCUT2D eigenvalue weighted by atomic mass is 35.5. The molecule has 0 bridgehead atoms. The van der Waals surface area contributed by atoms with Gasteiger partial charge in [0.25, 0.3) is 0 Å². The predicted molar refractivity (Wildman–Crippen MR) is 73.6 cm³/mol. The lowest BCUT2D eigenvalue weighted by atomic mass is 10.00. The Morgan fingerprint density at radius 3 is 2.63 bits per heavy atom. The zero-order valence-corrected chi connectivity index (χ0v) is 12.2. The van der Waals surface area contributed by atoms with E-state index in [1.807, 2.05) is 32.8 Å². The summed E-state index contributed by atoms with van der Waals surface area (Å²) in [6.45, 7) is 4.85. The minimum absolute atomic E-state index is 0.0540. The molecule has 1 amide bonds. The molecule has 19 heavy (non-hydrogen) atoms. The zero-order valence-electron chi connectivity index (χ0n) is 11.4. The van der Waals surface area contributed by atoms with Gasteiger partial charge in [0.2, 0.25) is 23.1 Å². The molecule has 2 rings (SSSR count). The number of hydrogen-bond acceptors (Lipinski definition) is 6. The SMILES string of the molecule is CN(C)c1nc(Cl)nc(N2CCNC(=O)C2(C)C)n1. The molecule has 0 saturated carbocycles. The molecule has 1 aromatic heterocycles. The summed E-state index contributed by atoms with van der Waals surface area (Å²) in [6.07, 6.45) is 0. The molecule has 1 N–H and O–H groups in total. The van der Waals surface area contributed by atoms with Crippen molar-refractivity contribution in [1.29, 1.82) is 0 Å². The molecule has 1 aromatic rings. The molecule has 0 aliphatic carbocycles. The molecule has 8 heteroatoms. The number of aromatic nitrogens is 3. The third kappa shape index (κ3) is 2.56. The van der Waals surface area contributed by atoms with E-state index in [9.17, 15) is 4.79 Å². The van der Waals surface area contributed by atoms with Gasteiger partial charge in [-0.15, -0.1) is 0 Å². The third-order valence-corrected chi connectivity index (χ3v) is 3.25. The molecule has 0 unspecified atom stereocenters. The molecule has 0 aromatic carbocycles. The number of amides is 1. The van der Waals surface area contributed by atoms with Gasteiger partial charge in [-0.1, -0.05) is 0 Å². The second kappa shape index (κ2) is 4.80. The molecule has 0 atom stereocenters. The van der Waals surface area contributed by atoms with Crippen LogP contribution in [0.3, 0.4) is 0 Å². The number of halogens is 1. The highest BCUT2D eigenvalue weighted by Crippen LogP contribution is 2.24. The van der Waals surface area contributed by atoms with Gasteiger partial charge in [0.1, 0.15) is 5.54 Å². The standard InChI is InChI=1S/C11H17ClN6O/c1-11(2)7(19)13-5-6-18(11)10-15-8(12)14-9(16-10)17(3)4/h5-6H2,1-4H3,(H,13,19). The van der Waals surface area contributed by atoms with Gasteiger partial charge >= 0.3 is 0 Å². The lowest BCUT2D eigenvalue weighted by molar-refractivity contribution is -0.126. The number of carbonyl (C=O) groups excluding carboxylic acids is 1. The van der Waals surface area contributed by atoms with Crippen LogP contribution in [-0.2, 0) is 4.79 Å². The number of hydrogen-bond donors (Lipinski definition) is 1. The van der Waals surface area contributed by atoms with E-state index in [1.165, 1.54) is 0 Å². The summed E-state index contributed by atoms with van der Waals surface area (Å²) < 4.78 is 0. The van der Waals surface area contributed by atoms with Gasteiger partial charge in [-0.05, 0) is 25.4 Å². The number of piperazine rings is 1. The fourth-order valence-electron chi connectivity index (χ4n) is 1.90. The van der Waals surface area contributed by atoms with Gasteiger partial charge in [-0.2, -0.15) is 15.0 Å². The molecular weight excluding hydrogens is 268 g/mol. The van der Waals surface area contributed by atoms with Crippen LogP contribution < -0.4 is 15.1 Å². The Labute approximate surface area is 117 Å². The van der Waals surface area contributed by atoms with E-state index in [0.29, 0.717) is 25.0 Å². The Morgan fingerprint density at radius 2 is 2.00 bits per heavy atom. The van der Waals surface area contributed by atoms with E-state index >= 15 is 0 Å². The molecule has 1 aliphatic rings. The van der Waals surface area contributed by atoms with E-state index in [4.69, 9.17) is 11.6 Å². The Bertz CT molecular complexity index is 504. The van der Waals surface area contributed by atoms with Crippen molar-refractivity contribution in [2.75, 3.05) is 37.0 Å². The molecule has 2 heterocycles. The molecule has 1 aliphatic heterocycles. The molecule has 104 valence electrons. The van der Waals surface area contributed by atoms with Crippen molar-refractivity contribution >= 4 is 29.4 Å². The first-order valence-electron chi connectivity index (χ1n) is 5.97. The predicted octanol–water partition coefficient (Wildman–Crippen LogP) is 0.306. The normalized spacial score (nSPS) is 18.2. The number of nitrogens with zero attached hydrogens (tertiary/aromatic N) is 5. The number of rotatable bonds is 2. The van der Waals surface area contributed by atoms with Crippen LogP contribution in [-0.4, -0.2) is 53.6 Å². The van der Waals surface area contributed by atoms with Gasteiger partial charge < -0.3 is 15.1 Å². The Morgan fingerprint density at radius 1 is 1.32 bits per heavy atom. The summed E-state index contributed by atoms with van der Waals surface area (Å²) in [4.78, 5) is 28.0. The topological polar surface area (TPSA) is 74.2 Å². The summed E-state index contributed by atoms with van der Waals surface area (Å²) >= 11 is 5.93. The van der Waals surface area contributed by atoms with Crippen molar-refractivity contribution < 1.29 is 4.79 Å². The van der Waals surface area contributed by atoms with Crippen molar-refractivity contribution in [3.8, 4) is 0 Å². The van der Waals surface area contributed by atoms with Crippen LogP contribution in [0, 0.1) is 0 Å². The average Bonchev–Trinajstić information content (AvgIpc) is 2.31.